The number of imide groups is 1. The molecule has 0 aromatic heterocycles. The van der Waals surface area contributed by atoms with Gasteiger partial charge >= 0.3 is 5.97 Å². The van der Waals surface area contributed by atoms with E-state index in [0.717, 1.165) is 21.2 Å². The van der Waals surface area contributed by atoms with Gasteiger partial charge in [0.25, 0.3) is 11.8 Å². The maximum Gasteiger partial charge on any atom is 0.352 e. The number of carbonyl (C=O) groups is 3. The Hall–Kier alpha value is -3.58. The Bertz CT molecular complexity index is 1100. The maximum atomic E-state index is 12.7. The highest BCUT2D eigenvalue weighted by Crippen LogP contribution is 2.47. The van der Waals surface area contributed by atoms with Crippen molar-refractivity contribution in [2.45, 2.75) is 9.79 Å². The third-order valence-corrected chi connectivity index (χ3v) is 5.90. The summed E-state index contributed by atoms with van der Waals surface area (Å²) in [5.41, 5.74) is 2.21. The van der Waals surface area contributed by atoms with Crippen LogP contribution in [-0.4, -0.2) is 29.4 Å². The van der Waals surface area contributed by atoms with Gasteiger partial charge in [-0.05, 0) is 36.4 Å². The Morgan fingerprint density at radius 1 is 0.759 bits per heavy atom. The van der Waals surface area contributed by atoms with E-state index < -0.39 is 17.8 Å². The fourth-order valence-electron chi connectivity index (χ4n) is 3.46. The van der Waals surface area contributed by atoms with Crippen molar-refractivity contribution in [3.05, 3.63) is 83.9 Å². The zero-order valence-corrected chi connectivity index (χ0v) is 15.9. The van der Waals surface area contributed by atoms with Crippen LogP contribution in [0, 0.1) is 0 Å². The molecule has 3 aromatic carbocycles. The molecule has 2 aliphatic rings. The first kappa shape index (κ1) is 17.5. The summed E-state index contributed by atoms with van der Waals surface area (Å²) in [5.74, 6) is -1.96. The summed E-state index contributed by atoms with van der Waals surface area (Å²) in [4.78, 5) is 46.7. The normalized spacial score (nSPS) is 14.3. The number of nitrogens with zero attached hydrogens (tertiary/aromatic N) is 2. The second-order valence-corrected chi connectivity index (χ2v) is 7.62. The lowest BCUT2D eigenvalue weighted by Gasteiger charge is -2.32. The van der Waals surface area contributed by atoms with Crippen LogP contribution in [0.5, 0.6) is 0 Å². The Balaban J connectivity index is 1.41. The molecule has 0 unspecified atom stereocenters. The smallest absolute Gasteiger partial charge is 0.328 e. The molecule has 0 spiro atoms. The Morgan fingerprint density at radius 3 is 1.79 bits per heavy atom. The second kappa shape index (κ2) is 6.79. The topological polar surface area (TPSA) is 66.9 Å². The molecule has 0 N–H and O–H groups in total. The highest BCUT2D eigenvalue weighted by atomic mass is 32.2. The van der Waals surface area contributed by atoms with E-state index in [4.69, 9.17) is 4.84 Å². The molecule has 0 aliphatic carbocycles. The van der Waals surface area contributed by atoms with Crippen LogP contribution in [0.4, 0.5) is 11.4 Å². The molecule has 2 heterocycles. The van der Waals surface area contributed by atoms with E-state index in [1.54, 1.807) is 23.9 Å². The van der Waals surface area contributed by atoms with Crippen LogP contribution in [0.1, 0.15) is 20.7 Å². The highest BCUT2D eigenvalue weighted by molar-refractivity contribution is 7.99. The molecule has 5 rings (SSSR count). The summed E-state index contributed by atoms with van der Waals surface area (Å²) in [6, 6.07) is 21.9. The van der Waals surface area contributed by atoms with Crippen LogP contribution < -0.4 is 4.90 Å². The molecule has 0 saturated heterocycles. The third kappa shape index (κ3) is 2.87. The maximum absolute atomic E-state index is 12.7. The number of hydrogen-bond donors (Lipinski definition) is 0. The first-order chi connectivity index (χ1) is 14.1. The van der Waals surface area contributed by atoms with Gasteiger partial charge in [0.15, 0.2) is 0 Å². The van der Waals surface area contributed by atoms with Gasteiger partial charge in [-0.2, -0.15) is 0 Å². The van der Waals surface area contributed by atoms with Crippen LogP contribution in [0.3, 0.4) is 0 Å². The van der Waals surface area contributed by atoms with Gasteiger partial charge in [0.1, 0.15) is 6.54 Å². The number of anilines is 2. The van der Waals surface area contributed by atoms with Crippen LogP contribution in [0.2, 0.25) is 0 Å². The number of benzene rings is 3. The van der Waals surface area contributed by atoms with E-state index >= 15 is 0 Å². The third-order valence-electron chi connectivity index (χ3n) is 4.77. The number of hydroxylamine groups is 2. The number of rotatable bonds is 3. The van der Waals surface area contributed by atoms with Crippen LogP contribution in [-0.2, 0) is 9.63 Å². The molecule has 7 heteroatoms. The average molecular weight is 402 g/mol. The monoisotopic (exact) mass is 402 g/mol. The lowest BCUT2D eigenvalue weighted by Crippen LogP contribution is -2.37. The largest absolute Gasteiger partial charge is 0.352 e. The summed E-state index contributed by atoms with van der Waals surface area (Å²) in [7, 11) is 0. The molecule has 0 fully saturated rings. The summed E-state index contributed by atoms with van der Waals surface area (Å²) < 4.78 is 0. The molecule has 29 heavy (non-hydrogen) atoms. The van der Waals surface area contributed by atoms with Gasteiger partial charge in [-0.1, -0.05) is 53.2 Å². The molecule has 0 atom stereocenters. The second-order valence-electron chi connectivity index (χ2n) is 6.54. The Labute approximate surface area is 170 Å². The van der Waals surface area contributed by atoms with Crippen LogP contribution in [0.15, 0.2) is 82.6 Å². The quantitative estimate of drug-likeness (QED) is 0.616. The number of para-hydroxylation sites is 2. The van der Waals surface area contributed by atoms with Crippen LogP contribution >= 0.6 is 11.8 Å². The molecule has 0 bridgehead atoms. The van der Waals surface area contributed by atoms with Gasteiger partial charge in [0, 0.05) is 9.79 Å². The number of amides is 2. The molecule has 142 valence electrons. The lowest BCUT2D eigenvalue weighted by molar-refractivity contribution is -0.166. The highest BCUT2D eigenvalue weighted by Gasteiger charge is 2.39. The van der Waals surface area contributed by atoms with Crippen LogP contribution in [0.25, 0.3) is 0 Å². The van der Waals surface area contributed by atoms with Crippen molar-refractivity contribution in [2.75, 3.05) is 11.4 Å². The van der Waals surface area contributed by atoms with Crippen molar-refractivity contribution in [2.24, 2.45) is 0 Å². The SMILES string of the molecule is O=C(CN1c2ccccc2Sc2ccccc21)ON1C(=O)c2ccccc2C1=O. The predicted molar refractivity (Wildman–Crippen MR) is 107 cm³/mol. The van der Waals surface area contributed by atoms with Gasteiger partial charge in [0.2, 0.25) is 0 Å². The molecule has 6 nitrogen and oxygen atoms in total. The van der Waals surface area contributed by atoms with Crippen molar-refractivity contribution in [1.82, 2.24) is 5.06 Å². The molecule has 2 amide bonds. The molecule has 3 aromatic rings. The number of hydrogen-bond acceptors (Lipinski definition) is 6. The van der Waals surface area contributed by atoms with Gasteiger partial charge < -0.3 is 9.74 Å². The molecular formula is C22H14N2O4S. The number of fused-ring (bicyclic) bond motifs is 3. The van der Waals surface area contributed by atoms with E-state index in [2.05, 4.69) is 0 Å². The Morgan fingerprint density at radius 2 is 1.24 bits per heavy atom. The summed E-state index contributed by atoms with van der Waals surface area (Å²) in [6.45, 7) is -0.137. The average Bonchev–Trinajstić information content (AvgIpc) is 2.99. The van der Waals surface area contributed by atoms with Crippen molar-refractivity contribution in [3.8, 4) is 0 Å². The minimum absolute atomic E-state index is 0.137. The van der Waals surface area contributed by atoms with Gasteiger partial charge in [0.05, 0.1) is 22.5 Å². The standard InChI is InChI=1S/C22H14N2O4S/c25-20(28-24-21(26)14-7-1-2-8-15(14)22(24)27)13-23-16-9-3-5-11-18(16)29-19-12-6-4-10-17(19)23/h1-12H,13H2. The zero-order valence-electron chi connectivity index (χ0n) is 15.1. The first-order valence-electron chi connectivity index (χ1n) is 8.95. The summed E-state index contributed by atoms with van der Waals surface area (Å²) in [6.07, 6.45) is 0. The van der Waals surface area contributed by atoms with Crippen molar-refractivity contribution in [3.63, 3.8) is 0 Å². The van der Waals surface area contributed by atoms with Crippen molar-refractivity contribution in [1.29, 1.82) is 0 Å². The van der Waals surface area contributed by atoms with E-state index in [1.165, 1.54) is 12.1 Å². The minimum Gasteiger partial charge on any atom is -0.328 e. The van der Waals surface area contributed by atoms with E-state index in [-0.39, 0.29) is 17.7 Å². The first-order valence-corrected chi connectivity index (χ1v) is 9.77. The van der Waals surface area contributed by atoms with E-state index in [9.17, 15) is 14.4 Å². The zero-order chi connectivity index (χ0) is 20.0. The van der Waals surface area contributed by atoms with Gasteiger partial charge in [-0.15, -0.1) is 0 Å². The van der Waals surface area contributed by atoms with E-state index in [0.29, 0.717) is 5.06 Å². The number of carbonyl (C=O) groups excluding carboxylic acids is 3. The predicted octanol–water partition coefficient (Wildman–Crippen LogP) is 4.04. The van der Waals surface area contributed by atoms with Gasteiger partial charge in [-0.25, -0.2) is 4.79 Å². The summed E-state index contributed by atoms with van der Waals surface area (Å²) in [5, 5.41) is 0.545. The molecule has 0 saturated carbocycles. The molecule has 2 aliphatic heterocycles. The van der Waals surface area contributed by atoms with Crippen molar-refractivity contribution >= 4 is 40.9 Å². The molecular weight excluding hydrogens is 388 g/mol. The minimum atomic E-state index is -0.698. The molecule has 0 radical (unpaired) electrons. The van der Waals surface area contributed by atoms with Crippen molar-refractivity contribution < 1.29 is 19.2 Å². The Kier molecular flexibility index (Phi) is 4.10. The summed E-state index contributed by atoms with van der Waals surface area (Å²) >= 11 is 1.63. The lowest BCUT2D eigenvalue weighted by atomic mass is 10.1. The van der Waals surface area contributed by atoms with E-state index in [1.807, 2.05) is 53.4 Å². The fraction of sp³-hybridized carbons (Fsp3) is 0.0455. The fourth-order valence-corrected chi connectivity index (χ4v) is 4.56. The van der Waals surface area contributed by atoms with Gasteiger partial charge in [-0.3, -0.25) is 9.59 Å².